The summed E-state index contributed by atoms with van der Waals surface area (Å²) in [5.41, 5.74) is 3.90. The van der Waals surface area contributed by atoms with E-state index in [2.05, 4.69) is 63.0 Å². The Hall–Kier alpha value is -2.48. The Kier molecular flexibility index (Phi) is 6.36. The Morgan fingerprint density at radius 1 is 1.09 bits per heavy atom. The standard InChI is InChI=1S/C26H27BrN4OS/c1-17-24(19-7-9-20(27)10-8-19)29-26(33-17)23-22(32)16-31(25(23)28)21-11-13-30(14-12-21)15-18-5-3-2-4-6-18/h2-10,21,28,32H,11-16H2,1H3. The van der Waals surface area contributed by atoms with Crippen LogP contribution in [0.15, 0.2) is 64.8 Å². The quantitative estimate of drug-likeness (QED) is 0.424. The first-order valence-electron chi connectivity index (χ1n) is 11.3. The van der Waals surface area contributed by atoms with Gasteiger partial charge in [0.25, 0.3) is 0 Å². The summed E-state index contributed by atoms with van der Waals surface area (Å²) in [5, 5.41) is 20.4. The number of thiazole rings is 1. The molecule has 0 spiro atoms. The number of benzene rings is 2. The lowest BCUT2D eigenvalue weighted by atomic mass is 10.0. The van der Waals surface area contributed by atoms with Crippen LogP contribution in [0, 0.1) is 12.3 Å². The zero-order valence-electron chi connectivity index (χ0n) is 18.6. The number of likely N-dealkylation sites (tertiary alicyclic amines) is 1. The first kappa shape index (κ1) is 22.3. The van der Waals surface area contributed by atoms with Crippen LogP contribution < -0.4 is 0 Å². The summed E-state index contributed by atoms with van der Waals surface area (Å²) in [6.45, 7) is 5.43. The van der Waals surface area contributed by atoms with Crippen molar-refractivity contribution in [2.45, 2.75) is 32.4 Å². The summed E-state index contributed by atoms with van der Waals surface area (Å²) in [6, 6.07) is 19.0. The number of hydrogen-bond acceptors (Lipinski definition) is 5. The fraction of sp³-hybridized carbons (Fsp3) is 0.308. The predicted octanol–water partition coefficient (Wildman–Crippen LogP) is 6.11. The molecule has 1 aromatic heterocycles. The van der Waals surface area contributed by atoms with Gasteiger partial charge in [-0.2, -0.15) is 0 Å². The second kappa shape index (κ2) is 9.41. The summed E-state index contributed by atoms with van der Waals surface area (Å²) in [4.78, 5) is 10.5. The minimum absolute atomic E-state index is 0.267. The Morgan fingerprint density at radius 2 is 1.79 bits per heavy atom. The van der Waals surface area contributed by atoms with Crippen LogP contribution in [0.1, 0.15) is 28.3 Å². The van der Waals surface area contributed by atoms with E-state index in [1.54, 1.807) is 11.3 Å². The van der Waals surface area contributed by atoms with Gasteiger partial charge in [0.15, 0.2) is 0 Å². The Morgan fingerprint density at radius 3 is 2.48 bits per heavy atom. The molecule has 0 unspecified atom stereocenters. The molecule has 170 valence electrons. The molecule has 0 amide bonds. The van der Waals surface area contributed by atoms with Gasteiger partial charge in [0.05, 0.1) is 17.8 Å². The zero-order chi connectivity index (χ0) is 22.9. The summed E-state index contributed by atoms with van der Waals surface area (Å²) in [5.74, 6) is 0.674. The second-order valence-electron chi connectivity index (χ2n) is 8.72. The summed E-state index contributed by atoms with van der Waals surface area (Å²) < 4.78 is 1.03. The number of aryl methyl sites for hydroxylation is 1. The van der Waals surface area contributed by atoms with Crippen LogP contribution in [0.2, 0.25) is 0 Å². The van der Waals surface area contributed by atoms with Crippen LogP contribution in [0.25, 0.3) is 16.8 Å². The van der Waals surface area contributed by atoms with Crippen molar-refractivity contribution in [3.63, 3.8) is 0 Å². The summed E-state index contributed by atoms with van der Waals surface area (Å²) in [6.07, 6.45) is 1.99. The molecule has 2 aromatic carbocycles. The van der Waals surface area contributed by atoms with E-state index < -0.39 is 0 Å². The maximum absolute atomic E-state index is 10.8. The topological polar surface area (TPSA) is 63.5 Å². The van der Waals surface area contributed by atoms with Gasteiger partial charge in [0.2, 0.25) is 0 Å². The molecule has 0 atom stereocenters. The number of amidine groups is 1. The van der Waals surface area contributed by atoms with Gasteiger partial charge in [-0.3, -0.25) is 10.3 Å². The van der Waals surface area contributed by atoms with Crippen molar-refractivity contribution < 1.29 is 5.11 Å². The lowest BCUT2D eigenvalue weighted by Crippen LogP contribution is -2.45. The number of halogens is 1. The third kappa shape index (κ3) is 4.63. The number of nitrogens with one attached hydrogen (secondary N) is 1. The average Bonchev–Trinajstić information content (AvgIpc) is 3.34. The fourth-order valence-corrected chi connectivity index (χ4v) is 6.01. The lowest BCUT2D eigenvalue weighted by Gasteiger charge is -2.37. The molecule has 0 saturated carbocycles. The van der Waals surface area contributed by atoms with E-state index >= 15 is 0 Å². The predicted molar refractivity (Wildman–Crippen MR) is 139 cm³/mol. The van der Waals surface area contributed by atoms with E-state index in [4.69, 9.17) is 10.4 Å². The van der Waals surface area contributed by atoms with Gasteiger partial charge in [-0.15, -0.1) is 11.3 Å². The van der Waals surface area contributed by atoms with Crippen molar-refractivity contribution >= 4 is 38.7 Å². The first-order chi connectivity index (χ1) is 16.0. The molecule has 0 radical (unpaired) electrons. The minimum Gasteiger partial charge on any atom is -0.510 e. The van der Waals surface area contributed by atoms with E-state index in [9.17, 15) is 5.11 Å². The molecule has 33 heavy (non-hydrogen) atoms. The Balaban J connectivity index is 1.27. The second-order valence-corrected chi connectivity index (χ2v) is 10.8. The average molecular weight is 524 g/mol. The normalized spacial score (nSPS) is 17.9. The molecule has 5 rings (SSSR count). The molecular weight excluding hydrogens is 496 g/mol. The molecule has 3 heterocycles. The fourth-order valence-electron chi connectivity index (χ4n) is 4.75. The number of aliphatic hydroxyl groups is 1. The number of nitrogens with zero attached hydrogens (tertiary/aromatic N) is 3. The van der Waals surface area contributed by atoms with E-state index in [1.807, 2.05) is 24.3 Å². The molecule has 0 bridgehead atoms. The van der Waals surface area contributed by atoms with Gasteiger partial charge in [0.1, 0.15) is 16.6 Å². The van der Waals surface area contributed by atoms with Gasteiger partial charge in [0, 0.05) is 40.6 Å². The monoisotopic (exact) mass is 522 g/mol. The summed E-state index contributed by atoms with van der Waals surface area (Å²) in [7, 11) is 0. The van der Waals surface area contributed by atoms with Gasteiger partial charge in [-0.05, 0) is 37.5 Å². The van der Waals surface area contributed by atoms with E-state index in [0.717, 1.165) is 58.1 Å². The van der Waals surface area contributed by atoms with Crippen LogP contribution in [-0.2, 0) is 6.54 Å². The molecule has 1 saturated heterocycles. The Bertz CT molecular complexity index is 1180. The molecule has 2 aliphatic rings. The SMILES string of the molecule is Cc1sc(C2=C(O)CN(C3CCN(Cc4ccccc4)CC3)C2=N)nc1-c1ccc(Br)cc1. The van der Waals surface area contributed by atoms with E-state index in [-0.39, 0.29) is 11.8 Å². The molecule has 7 heteroatoms. The van der Waals surface area contributed by atoms with E-state index in [0.29, 0.717) is 18.0 Å². The van der Waals surface area contributed by atoms with Crippen LogP contribution in [0.3, 0.4) is 0 Å². The highest BCUT2D eigenvalue weighted by molar-refractivity contribution is 9.10. The Labute approximate surface area is 207 Å². The molecule has 2 N–H and O–H groups in total. The van der Waals surface area contributed by atoms with Gasteiger partial charge < -0.3 is 10.0 Å². The van der Waals surface area contributed by atoms with Crippen molar-refractivity contribution in [2.75, 3.05) is 19.6 Å². The maximum Gasteiger partial charge on any atom is 0.135 e. The number of rotatable bonds is 5. The van der Waals surface area contributed by atoms with Crippen molar-refractivity contribution in [3.05, 3.63) is 80.3 Å². The molecule has 1 fully saturated rings. The molecule has 0 aliphatic carbocycles. The van der Waals surface area contributed by atoms with Crippen LogP contribution in [0.5, 0.6) is 0 Å². The third-order valence-corrected chi connectivity index (χ3v) is 8.02. The smallest absolute Gasteiger partial charge is 0.135 e. The van der Waals surface area contributed by atoms with Gasteiger partial charge in [-0.25, -0.2) is 4.98 Å². The highest BCUT2D eigenvalue weighted by Crippen LogP contribution is 2.37. The largest absolute Gasteiger partial charge is 0.510 e. The van der Waals surface area contributed by atoms with Gasteiger partial charge in [-0.1, -0.05) is 58.4 Å². The minimum atomic E-state index is 0.267. The molecular formula is C26H27BrN4OS. The summed E-state index contributed by atoms with van der Waals surface area (Å²) >= 11 is 5.03. The van der Waals surface area contributed by atoms with Crippen molar-refractivity contribution in [1.82, 2.24) is 14.8 Å². The van der Waals surface area contributed by atoms with Crippen LogP contribution in [-0.4, -0.2) is 51.4 Å². The molecule has 3 aromatic rings. The number of aromatic nitrogens is 1. The van der Waals surface area contributed by atoms with E-state index in [1.165, 1.54) is 5.56 Å². The molecule has 2 aliphatic heterocycles. The first-order valence-corrected chi connectivity index (χ1v) is 12.9. The van der Waals surface area contributed by atoms with Crippen LogP contribution >= 0.6 is 27.3 Å². The number of piperidine rings is 1. The van der Waals surface area contributed by atoms with Crippen molar-refractivity contribution in [3.8, 4) is 11.3 Å². The number of aliphatic hydroxyl groups excluding tert-OH is 1. The number of hydrogen-bond donors (Lipinski definition) is 2. The van der Waals surface area contributed by atoms with Gasteiger partial charge >= 0.3 is 0 Å². The zero-order valence-corrected chi connectivity index (χ0v) is 21.0. The van der Waals surface area contributed by atoms with Crippen LogP contribution in [0.4, 0.5) is 0 Å². The highest BCUT2D eigenvalue weighted by Gasteiger charge is 2.36. The maximum atomic E-state index is 10.8. The lowest BCUT2D eigenvalue weighted by molar-refractivity contribution is 0.149. The van der Waals surface area contributed by atoms with Crippen molar-refractivity contribution in [1.29, 1.82) is 5.41 Å². The highest BCUT2D eigenvalue weighted by atomic mass is 79.9. The van der Waals surface area contributed by atoms with Crippen molar-refractivity contribution in [2.24, 2.45) is 0 Å². The third-order valence-electron chi connectivity index (χ3n) is 6.51. The molecule has 5 nitrogen and oxygen atoms in total.